The smallest absolute Gasteiger partial charge is 0.232 e. The van der Waals surface area contributed by atoms with Crippen LogP contribution >= 0.6 is 70.1 Å². The highest BCUT2D eigenvalue weighted by Crippen LogP contribution is 2.44. The number of hydrogen-bond acceptors (Lipinski definition) is 19. The van der Waals surface area contributed by atoms with Crippen LogP contribution in [0.4, 0.5) is 4.39 Å². The topological polar surface area (TPSA) is 184 Å². The maximum Gasteiger partial charge on any atom is 0.232 e. The van der Waals surface area contributed by atoms with Gasteiger partial charge in [0.05, 0.1) is 50.5 Å². The number of aryl methyl sites for hydroxylation is 6. The number of ether oxygens (including phenoxy) is 1. The van der Waals surface area contributed by atoms with Crippen LogP contribution in [0.1, 0.15) is 101 Å². The van der Waals surface area contributed by atoms with E-state index in [2.05, 4.69) is 59.7 Å². The predicted molar refractivity (Wildman–Crippen MR) is 361 cm³/mol. The van der Waals surface area contributed by atoms with Gasteiger partial charge in [-0.3, -0.25) is 19.2 Å². The number of nitrogens with zero attached hydrogens (tertiary/aromatic N) is 9. The molecule has 464 valence electrons. The molecule has 1 amide bonds. The summed E-state index contributed by atoms with van der Waals surface area (Å²) >= 11 is 9.12. The number of fused-ring (bicyclic) bond motifs is 12. The second-order valence-electron chi connectivity index (χ2n) is 24.9. The lowest BCUT2D eigenvalue weighted by atomic mass is 9.90. The summed E-state index contributed by atoms with van der Waals surface area (Å²) in [6, 6.07) is 21.3. The van der Waals surface area contributed by atoms with Gasteiger partial charge in [-0.1, -0.05) is 164 Å². The summed E-state index contributed by atoms with van der Waals surface area (Å²) < 4.78 is 20.6. The minimum atomic E-state index is -0.364. The number of thiophene rings is 1. The van der Waals surface area contributed by atoms with E-state index in [-0.39, 0.29) is 45.3 Å². The maximum atomic E-state index is 13.6. The zero-order chi connectivity index (χ0) is 63.8. The van der Waals surface area contributed by atoms with Crippen LogP contribution in [0.25, 0.3) is 45.0 Å². The molecular weight excluding hydrogens is 1230 g/mol. The summed E-state index contributed by atoms with van der Waals surface area (Å²) in [5.41, 5.74) is 15.5. The molecule has 4 aliphatic rings. The van der Waals surface area contributed by atoms with Crippen molar-refractivity contribution in [2.45, 2.75) is 132 Å². The average molecular weight is 1310 g/mol. The minimum Gasteiger partial charge on any atom is -0.485 e. The van der Waals surface area contributed by atoms with Gasteiger partial charge in [0.1, 0.15) is 35.5 Å². The molecule has 0 fully saturated rings. The molecule has 3 aliphatic carbocycles. The Morgan fingerprint density at radius 1 is 0.506 bits per heavy atom. The minimum absolute atomic E-state index is 0.0762. The molecule has 0 radical (unpaired) electrons. The number of ketones is 3. The first-order chi connectivity index (χ1) is 42.3. The van der Waals surface area contributed by atoms with Crippen molar-refractivity contribution in [1.82, 2.24) is 44.8 Å². The van der Waals surface area contributed by atoms with E-state index in [1.807, 2.05) is 111 Å². The van der Waals surface area contributed by atoms with E-state index >= 15 is 0 Å². The van der Waals surface area contributed by atoms with Crippen molar-refractivity contribution in [3.8, 4) is 50.8 Å². The molecule has 3 aromatic carbocycles. The van der Waals surface area contributed by atoms with Crippen molar-refractivity contribution in [2.24, 2.45) is 16.2 Å². The van der Waals surface area contributed by atoms with Gasteiger partial charge in [0.2, 0.25) is 5.91 Å². The number of benzene rings is 3. The Morgan fingerprint density at radius 3 is 1.44 bits per heavy atom. The number of amides is 1. The quantitative estimate of drug-likeness (QED) is 0.0783. The molecule has 0 saturated carbocycles. The SMILES string of the molecule is CC(C)(C)C(=O)CSc1ncc2c(n1)-c1cc(F)ccc1CC2.CC(C)(C)C(=O)CSc1ncc2c(n1)-c1ccccc1CC2.CC(C)(C)C(=O)CSc1ncc2c(n1)-c1ccccc1CO2.CSc1scc2c1-c1nc(SCC(=O)N(C)C)ncc1CC2. The normalized spacial score (nSPS) is 13.1. The van der Waals surface area contributed by atoms with Gasteiger partial charge < -0.3 is 9.64 Å². The van der Waals surface area contributed by atoms with Gasteiger partial charge in [0, 0.05) is 71.2 Å². The number of thioether (sulfide) groups is 5. The molecule has 0 atom stereocenters. The number of Topliss-reactive ketones (excluding diaryl/α,β-unsaturated/α-hetero) is 3. The van der Waals surface area contributed by atoms with Gasteiger partial charge in [-0.05, 0) is 101 Å². The Bertz CT molecular complexity index is 3790. The Morgan fingerprint density at radius 2 is 0.921 bits per heavy atom. The van der Waals surface area contributed by atoms with Crippen molar-refractivity contribution in [1.29, 1.82) is 0 Å². The monoisotopic (exact) mass is 1310 g/mol. The Balaban J connectivity index is 0.000000141. The fraction of sp³-hybridized carbons (Fsp3) is 0.382. The predicted octanol–water partition coefficient (Wildman–Crippen LogP) is 15.0. The van der Waals surface area contributed by atoms with Gasteiger partial charge >= 0.3 is 0 Å². The van der Waals surface area contributed by atoms with Crippen LogP contribution in [0.5, 0.6) is 5.75 Å². The molecule has 14 nitrogen and oxygen atoms in total. The molecule has 0 bridgehead atoms. The number of carbonyl (C=O) groups excluding carboxylic acids is 4. The summed E-state index contributed by atoms with van der Waals surface area (Å²) in [4.78, 5) is 85.5. The molecule has 21 heteroatoms. The third-order valence-corrected chi connectivity index (χ3v) is 20.7. The highest BCUT2D eigenvalue weighted by Gasteiger charge is 2.28. The first-order valence-electron chi connectivity index (χ1n) is 29.3. The van der Waals surface area contributed by atoms with Crippen molar-refractivity contribution >= 4 is 93.4 Å². The molecule has 8 aromatic rings. The summed E-state index contributed by atoms with van der Waals surface area (Å²) in [6.45, 7) is 17.9. The molecule has 5 aromatic heterocycles. The second kappa shape index (κ2) is 29.3. The van der Waals surface area contributed by atoms with Gasteiger partial charge in [0.25, 0.3) is 0 Å². The molecule has 89 heavy (non-hydrogen) atoms. The summed E-state index contributed by atoms with van der Waals surface area (Å²) in [5, 5.41) is 4.79. The highest BCUT2D eigenvalue weighted by atomic mass is 32.2. The van der Waals surface area contributed by atoms with E-state index in [9.17, 15) is 23.6 Å². The molecule has 0 N–H and O–H groups in total. The second-order valence-corrected chi connectivity index (χ2v) is 30.7. The van der Waals surface area contributed by atoms with Crippen LogP contribution in [-0.2, 0) is 64.3 Å². The number of rotatable bonds is 13. The van der Waals surface area contributed by atoms with E-state index in [4.69, 9.17) is 14.7 Å². The van der Waals surface area contributed by atoms with Gasteiger partial charge in [-0.25, -0.2) is 44.3 Å². The average Bonchev–Trinajstić information content (AvgIpc) is 2.18. The zero-order valence-electron chi connectivity index (χ0n) is 52.4. The lowest BCUT2D eigenvalue weighted by molar-refractivity contribution is -0.126. The molecule has 6 heterocycles. The van der Waals surface area contributed by atoms with Crippen LogP contribution in [0, 0.1) is 22.1 Å². The summed E-state index contributed by atoms with van der Waals surface area (Å²) in [5.74, 6) is 2.61. The molecule has 0 saturated heterocycles. The van der Waals surface area contributed by atoms with E-state index < -0.39 is 0 Å². The fourth-order valence-corrected chi connectivity index (χ4v) is 14.9. The van der Waals surface area contributed by atoms with Crippen LogP contribution in [-0.4, -0.2) is 111 Å². The molecule has 1 aliphatic heterocycles. The lowest BCUT2D eigenvalue weighted by Crippen LogP contribution is -2.23. The van der Waals surface area contributed by atoms with E-state index in [0.717, 1.165) is 89.1 Å². The van der Waals surface area contributed by atoms with Crippen LogP contribution < -0.4 is 4.74 Å². The Kier molecular flexibility index (Phi) is 22.1. The van der Waals surface area contributed by atoms with E-state index in [1.165, 1.54) is 96.8 Å². The third kappa shape index (κ3) is 17.2. The number of aromatic nitrogens is 8. The van der Waals surface area contributed by atoms with Crippen LogP contribution in [0.15, 0.2) is 122 Å². The van der Waals surface area contributed by atoms with Crippen molar-refractivity contribution in [2.75, 3.05) is 43.4 Å². The van der Waals surface area contributed by atoms with E-state index in [1.54, 1.807) is 54.5 Å². The summed E-state index contributed by atoms with van der Waals surface area (Å²) in [6.07, 6.45) is 15.3. The Labute approximate surface area is 546 Å². The third-order valence-electron chi connectivity index (χ3n) is 15.1. The van der Waals surface area contributed by atoms with Crippen LogP contribution in [0.3, 0.4) is 0 Å². The Hall–Kier alpha value is -6.36. The fourth-order valence-electron chi connectivity index (χ4n) is 9.38. The first-order valence-corrected chi connectivity index (χ1v) is 35.4. The van der Waals surface area contributed by atoms with Gasteiger partial charge in [-0.15, -0.1) is 23.1 Å². The first kappa shape index (κ1) is 67.0. The molecular formula is C68H74FN9O5S6. The van der Waals surface area contributed by atoms with Crippen molar-refractivity contribution in [3.63, 3.8) is 0 Å². The molecule has 0 unspecified atom stereocenters. The van der Waals surface area contributed by atoms with Gasteiger partial charge in [-0.2, -0.15) is 0 Å². The summed E-state index contributed by atoms with van der Waals surface area (Å²) in [7, 11) is 3.53. The number of hydrogen-bond donors (Lipinski definition) is 0. The van der Waals surface area contributed by atoms with Crippen molar-refractivity contribution in [3.05, 3.63) is 142 Å². The molecule has 12 rings (SSSR count). The molecule has 0 spiro atoms. The van der Waals surface area contributed by atoms with Crippen molar-refractivity contribution < 1.29 is 28.3 Å². The highest BCUT2D eigenvalue weighted by molar-refractivity contribution is 8.01. The maximum absolute atomic E-state index is 13.6. The number of halogens is 1. The number of carbonyl (C=O) groups is 4. The largest absolute Gasteiger partial charge is 0.485 e. The van der Waals surface area contributed by atoms with Crippen LogP contribution in [0.2, 0.25) is 0 Å². The van der Waals surface area contributed by atoms with E-state index in [0.29, 0.717) is 56.0 Å². The zero-order valence-corrected chi connectivity index (χ0v) is 57.3. The lowest BCUT2D eigenvalue weighted by Gasteiger charge is -2.20. The van der Waals surface area contributed by atoms with Gasteiger partial charge in [0.15, 0.2) is 26.4 Å². The standard InChI is InChI=1S/C18H19FN2OS.C18H20N2OS.C17H18N2O2S.C15H17N3OS3/c1-18(2,3)15(22)10-23-17-20-9-12-5-4-11-6-7-13(19)8-14(11)16(12)21-17;1-18(2,3)15(21)11-22-17-19-10-13-9-8-12-6-4-5-7-14(12)16(13)20-17;1-17(2,3)14(20)10-22-16-18-8-13-15(19-16)12-7-5-4-6-11(12)9-21-13;1-18(2)11(19)8-22-15-16-6-9-4-5-10-7-21-14(20-3)12(10)13(9)17-15/h6-9H,4-5,10H2,1-3H3;4-7,10H,8-9,11H2,1-3H3;4-8H,9-10H2,1-3H3;6-7H,4-5,8H2,1-3H3.